The van der Waals surface area contributed by atoms with Crippen LogP contribution < -0.4 is 10.2 Å². The van der Waals surface area contributed by atoms with Crippen molar-refractivity contribution in [2.24, 2.45) is 0 Å². The van der Waals surface area contributed by atoms with Gasteiger partial charge < -0.3 is 10.2 Å². The van der Waals surface area contributed by atoms with Crippen molar-refractivity contribution in [1.29, 1.82) is 0 Å². The van der Waals surface area contributed by atoms with E-state index in [2.05, 4.69) is 69.1 Å². The first-order chi connectivity index (χ1) is 10.2. The molecule has 21 heavy (non-hydrogen) atoms. The second-order valence-electron chi connectivity index (χ2n) is 5.91. The molecule has 0 saturated heterocycles. The summed E-state index contributed by atoms with van der Waals surface area (Å²) in [5.41, 5.74) is 2.77. The van der Waals surface area contributed by atoms with Crippen molar-refractivity contribution in [3.05, 3.63) is 29.8 Å². The molecular weight excluding hydrogens is 256 g/mol. The summed E-state index contributed by atoms with van der Waals surface area (Å²) in [4.78, 5) is 2.56. The highest BCUT2D eigenvalue weighted by atomic mass is 15.2. The van der Waals surface area contributed by atoms with E-state index in [0.717, 1.165) is 19.5 Å². The molecule has 0 radical (unpaired) electrons. The van der Waals surface area contributed by atoms with Crippen molar-refractivity contribution >= 4 is 5.69 Å². The molecule has 2 nitrogen and oxygen atoms in total. The number of rotatable bonds is 10. The van der Waals surface area contributed by atoms with Gasteiger partial charge in [-0.25, -0.2) is 0 Å². The van der Waals surface area contributed by atoms with E-state index in [9.17, 15) is 0 Å². The smallest absolute Gasteiger partial charge is 0.0368 e. The van der Waals surface area contributed by atoms with Crippen molar-refractivity contribution in [3.8, 4) is 0 Å². The van der Waals surface area contributed by atoms with E-state index >= 15 is 0 Å². The lowest BCUT2D eigenvalue weighted by Gasteiger charge is -2.31. The zero-order valence-corrected chi connectivity index (χ0v) is 14.7. The summed E-state index contributed by atoms with van der Waals surface area (Å²) in [6.45, 7) is 13.5. The Morgan fingerprint density at radius 2 is 1.67 bits per heavy atom. The zero-order valence-electron chi connectivity index (χ0n) is 14.7. The number of nitrogens with one attached hydrogen (secondary N) is 1. The standard InChI is InChI=1S/C19H34N2/c1-6-10-15-21(16(5)7-2)18-13-11-17(12-14-18)19(8-3)20-9-4/h11-14,16,19-20H,6-10,15H2,1-5H3. The minimum atomic E-state index is 0.483. The molecule has 0 saturated carbocycles. The van der Waals surface area contributed by atoms with E-state index in [-0.39, 0.29) is 0 Å². The average Bonchev–Trinajstić information content (AvgIpc) is 2.53. The van der Waals surface area contributed by atoms with Gasteiger partial charge in [-0.2, -0.15) is 0 Å². The van der Waals surface area contributed by atoms with Crippen LogP contribution in [0.1, 0.15) is 71.9 Å². The summed E-state index contributed by atoms with van der Waals surface area (Å²) in [5.74, 6) is 0. The Hall–Kier alpha value is -1.02. The number of hydrogen-bond acceptors (Lipinski definition) is 2. The Labute approximate surface area is 131 Å². The second-order valence-corrected chi connectivity index (χ2v) is 5.91. The third kappa shape index (κ3) is 5.35. The summed E-state index contributed by atoms with van der Waals surface area (Å²) < 4.78 is 0. The molecule has 0 spiro atoms. The molecule has 2 unspecified atom stereocenters. The highest BCUT2D eigenvalue weighted by molar-refractivity contribution is 5.49. The van der Waals surface area contributed by atoms with Crippen LogP contribution in [0.4, 0.5) is 5.69 Å². The van der Waals surface area contributed by atoms with Crippen LogP contribution in [0.25, 0.3) is 0 Å². The normalized spacial score (nSPS) is 14.0. The summed E-state index contributed by atoms with van der Waals surface area (Å²) in [6, 6.07) is 10.3. The quantitative estimate of drug-likeness (QED) is 0.641. The van der Waals surface area contributed by atoms with Crippen molar-refractivity contribution < 1.29 is 0 Å². The number of nitrogens with zero attached hydrogens (tertiary/aromatic N) is 1. The highest BCUT2D eigenvalue weighted by Gasteiger charge is 2.13. The number of benzene rings is 1. The van der Waals surface area contributed by atoms with Crippen LogP contribution in [-0.2, 0) is 0 Å². The molecule has 0 heterocycles. The summed E-state index contributed by atoms with van der Waals surface area (Å²) in [7, 11) is 0. The largest absolute Gasteiger partial charge is 0.369 e. The van der Waals surface area contributed by atoms with Crippen molar-refractivity contribution in [2.75, 3.05) is 18.0 Å². The maximum atomic E-state index is 3.55. The third-order valence-electron chi connectivity index (χ3n) is 4.36. The van der Waals surface area contributed by atoms with Gasteiger partial charge in [-0.1, -0.05) is 46.2 Å². The number of unbranched alkanes of at least 4 members (excludes halogenated alkanes) is 1. The Morgan fingerprint density at radius 1 is 1.00 bits per heavy atom. The highest BCUT2D eigenvalue weighted by Crippen LogP contribution is 2.23. The van der Waals surface area contributed by atoms with Gasteiger partial charge in [-0.3, -0.25) is 0 Å². The van der Waals surface area contributed by atoms with Gasteiger partial charge in [-0.15, -0.1) is 0 Å². The number of anilines is 1. The molecule has 2 atom stereocenters. The van der Waals surface area contributed by atoms with E-state index in [1.807, 2.05) is 0 Å². The minimum absolute atomic E-state index is 0.483. The lowest BCUT2D eigenvalue weighted by atomic mass is 10.0. The first kappa shape index (κ1) is 18.0. The van der Waals surface area contributed by atoms with Gasteiger partial charge in [0, 0.05) is 24.3 Å². The molecular formula is C19H34N2. The molecule has 0 aromatic heterocycles. The van der Waals surface area contributed by atoms with Gasteiger partial charge in [0.15, 0.2) is 0 Å². The maximum absolute atomic E-state index is 3.55. The van der Waals surface area contributed by atoms with Gasteiger partial charge >= 0.3 is 0 Å². The lowest BCUT2D eigenvalue weighted by Crippen LogP contribution is -2.33. The van der Waals surface area contributed by atoms with Gasteiger partial charge in [0.05, 0.1) is 0 Å². The summed E-state index contributed by atoms with van der Waals surface area (Å²) >= 11 is 0. The zero-order chi connectivity index (χ0) is 15.7. The van der Waals surface area contributed by atoms with Crippen molar-refractivity contribution in [3.63, 3.8) is 0 Å². The van der Waals surface area contributed by atoms with E-state index in [0.29, 0.717) is 12.1 Å². The predicted molar refractivity (Wildman–Crippen MR) is 95.2 cm³/mol. The molecule has 1 rings (SSSR count). The topological polar surface area (TPSA) is 15.3 Å². The van der Waals surface area contributed by atoms with E-state index in [4.69, 9.17) is 0 Å². The second kappa shape index (κ2) is 9.83. The van der Waals surface area contributed by atoms with Crippen molar-refractivity contribution in [2.45, 2.75) is 72.4 Å². The Morgan fingerprint density at radius 3 is 2.14 bits per heavy atom. The van der Waals surface area contributed by atoms with Crippen LogP contribution >= 0.6 is 0 Å². The van der Waals surface area contributed by atoms with Crippen LogP contribution in [0.15, 0.2) is 24.3 Å². The van der Waals surface area contributed by atoms with Crippen molar-refractivity contribution in [1.82, 2.24) is 5.32 Å². The molecule has 2 heteroatoms. The van der Waals surface area contributed by atoms with Crippen LogP contribution in [0.2, 0.25) is 0 Å². The monoisotopic (exact) mass is 290 g/mol. The van der Waals surface area contributed by atoms with Crippen LogP contribution in [-0.4, -0.2) is 19.1 Å². The molecule has 0 aliphatic carbocycles. The fraction of sp³-hybridized carbons (Fsp3) is 0.684. The summed E-state index contributed by atoms with van der Waals surface area (Å²) in [6.07, 6.45) is 4.85. The Bertz CT molecular complexity index is 372. The maximum Gasteiger partial charge on any atom is 0.0368 e. The molecule has 0 bridgehead atoms. The fourth-order valence-electron chi connectivity index (χ4n) is 2.80. The molecule has 0 amide bonds. The van der Waals surface area contributed by atoms with Gasteiger partial charge in [0.1, 0.15) is 0 Å². The molecule has 0 aliphatic rings. The van der Waals surface area contributed by atoms with E-state index < -0.39 is 0 Å². The third-order valence-corrected chi connectivity index (χ3v) is 4.36. The molecule has 120 valence electrons. The lowest BCUT2D eigenvalue weighted by molar-refractivity contribution is 0.537. The van der Waals surface area contributed by atoms with Gasteiger partial charge in [-0.05, 0) is 50.4 Å². The molecule has 0 fully saturated rings. The van der Waals surface area contributed by atoms with Crippen LogP contribution in [0.5, 0.6) is 0 Å². The van der Waals surface area contributed by atoms with Gasteiger partial charge in [0.2, 0.25) is 0 Å². The SMILES string of the molecule is CCCCN(c1ccc(C(CC)NCC)cc1)C(C)CC. The molecule has 1 N–H and O–H groups in total. The van der Waals surface area contributed by atoms with Crippen LogP contribution in [0, 0.1) is 0 Å². The molecule has 1 aromatic rings. The predicted octanol–water partition coefficient (Wildman–Crippen LogP) is 5.15. The Kier molecular flexibility index (Phi) is 8.44. The molecule has 1 aromatic carbocycles. The van der Waals surface area contributed by atoms with E-state index in [1.54, 1.807) is 0 Å². The molecule has 0 aliphatic heterocycles. The van der Waals surface area contributed by atoms with Gasteiger partial charge in [0.25, 0.3) is 0 Å². The van der Waals surface area contributed by atoms with Crippen LogP contribution in [0.3, 0.4) is 0 Å². The van der Waals surface area contributed by atoms with E-state index in [1.165, 1.54) is 30.5 Å². The minimum Gasteiger partial charge on any atom is -0.369 e. The summed E-state index contributed by atoms with van der Waals surface area (Å²) in [5, 5.41) is 3.55. The first-order valence-electron chi connectivity index (χ1n) is 8.77. The Balaban J connectivity index is 2.85. The fourth-order valence-corrected chi connectivity index (χ4v) is 2.80. The number of hydrogen-bond donors (Lipinski definition) is 1. The average molecular weight is 290 g/mol. The first-order valence-corrected chi connectivity index (χ1v) is 8.77.